The number of hydrogen-bond acceptors (Lipinski definition) is 5. The van der Waals surface area contributed by atoms with E-state index in [2.05, 4.69) is 25.6 Å². The van der Waals surface area contributed by atoms with Crippen LogP contribution >= 0.6 is 27.3 Å². The summed E-state index contributed by atoms with van der Waals surface area (Å²) in [5.41, 5.74) is 0.540. The molecule has 2 aromatic rings. The first-order chi connectivity index (χ1) is 9.42. The molecule has 0 saturated carbocycles. The maximum absolute atomic E-state index is 12.3. The summed E-state index contributed by atoms with van der Waals surface area (Å²) < 4.78 is 27.5. The summed E-state index contributed by atoms with van der Waals surface area (Å²) in [6.07, 6.45) is 1.70. The van der Waals surface area contributed by atoms with Gasteiger partial charge in [0.15, 0.2) is 0 Å². The van der Waals surface area contributed by atoms with Crippen LogP contribution in [-0.2, 0) is 23.2 Å². The smallest absolute Gasteiger partial charge is 0.242 e. The Hall–Kier alpha value is -0.800. The number of benzene rings is 1. The predicted molar refractivity (Wildman–Crippen MR) is 80.9 cm³/mol. The monoisotopic (exact) mass is 376 g/mol. The Morgan fingerprint density at radius 2 is 2.20 bits per heavy atom. The molecular weight excluding hydrogens is 364 g/mol. The maximum atomic E-state index is 12.3. The van der Waals surface area contributed by atoms with E-state index in [1.165, 1.54) is 17.4 Å². The van der Waals surface area contributed by atoms with E-state index >= 15 is 0 Å². The number of aliphatic hydroxyl groups excluding tert-OH is 1. The van der Waals surface area contributed by atoms with Gasteiger partial charge in [-0.3, -0.25) is 0 Å². The minimum absolute atomic E-state index is 0.109. The summed E-state index contributed by atoms with van der Waals surface area (Å²) in [5.74, 6) is 0. The molecule has 0 spiro atoms. The van der Waals surface area contributed by atoms with Crippen LogP contribution < -0.4 is 4.72 Å². The van der Waals surface area contributed by atoms with Gasteiger partial charge in [0.25, 0.3) is 0 Å². The van der Waals surface area contributed by atoms with E-state index in [1.807, 2.05) is 6.92 Å². The number of nitrogens with zero attached hydrogens (tertiary/aromatic N) is 1. The molecule has 0 bridgehead atoms. The van der Waals surface area contributed by atoms with Crippen LogP contribution in [0.3, 0.4) is 0 Å². The molecule has 8 heteroatoms. The maximum Gasteiger partial charge on any atom is 0.242 e. The van der Waals surface area contributed by atoms with Gasteiger partial charge in [-0.25, -0.2) is 18.1 Å². The van der Waals surface area contributed by atoms with Crippen LogP contribution in [0.4, 0.5) is 0 Å². The molecule has 0 aliphatic carbocycles. The van der Waals surface area contributed by atoms with Crippen molar-refractivity contribution in [3.63, 3.8) is 0 Å². The molecule has 0 radical (unpaired) electrons. The van der Waals surface area contributed by atoms with Crippen molar-refractivity contribution in [1.82, 2.24) is 9.71 Å². The molecule has 20 heavy (non-hydrogen) atoms. The summed E-state index contributed by atoms with van der Waals surface area (Å²) in [5, 5.41) is 9.80. The fourth-order valence-corrected chi connectivity index (χ4v) is 4.39. The number of halogens is 1. The van der Waals surface area contributed by atoms with Gasteiger partial charge < -0.3 is 5.11 Å². The average Bonchev–Trinajstić information content (AvgIpc) is 2.83. The number of sulfonamides is 1. The van der Waals surface area contributed by atoms with Gasteiger partial charge in [0.1, 0.15) is 5.01 Å². The zero-order valence-corrected chi connectivity index (χ0v) is 13.8. The molecule has 1 heterocycles. The molecule has 5 nitrogen and oxygen atoms in total. The molecule has 0 unspecified atom stereocenters. The first-order valence-corrected chi connectivity index (χ1v) is 8.82. The average molecular weight is 377 g/mol. The van der Waals surface area contributed by atoms with Gasteiger partial charge in [-0.1, -0.05) is 6.07 Å². The van der Waals surface area contributed by atoms with Crippen molar-refractivity contribution in [2.24, 2.45) is 0 Å². The Labute approximate surface area is 129 Å². The molecule has 0 aliphatic rings. The first-order valence-electron chi connectivity index (χ1n) is 5.72. The molecular formula is C12H13BrN2O3S2. The third-order valence-electron chi connectivity index (χ3n) is 2.55. The van der Waals surface area contributed by atoms with E-state index in [9.17, 15) is 8.42 Å². The lowest BCUT2D eigenvalue weighted by Gasteiger charge is -2.08. The summed E-state index contributed by atoms with van der Waals surface area (Å²) in [7, 11) is -3.65. The number of nitrogens with one attached hydrogen (secondary N) is 1. The molecule has 2 N–H and O–H groups in total. The number of aliphatic hydroxyl groups is 1. The topological polar surface area (TPSA) is 79.3 Å². The Bertz CT molecular complexity index is 713. The third kappa shape index (κ3) is 3.64. The Morgan fingerprint density at radius 3 is 2.80 bits per heavy atom. The van der Waals surface area contributed by atoms with Crippen LogP contribution in [0.1, 0.15) is 15.4 Å². The fourth-order valence-electron chi connectivity index (χ4n) is 1.57. The summed E-state index contributed by atoms with van der Waals surface area (Å²) in [6, 6.07) is 4.71. The van der Waals surface area contributed by atoms with Gasteiger partial charge in [0.2, 0.25) is 10.0 Å². The number of aryl methyl sites for hydroxylation is 1. The van der Waals surface area contributed by atoms with Crippen molar-refractivity contribution in [2.45, 2.75) is 25.0 Å². The zero-order valence-electron chi connectivity index (χ0n) is 10.6. The van der Waals surface area contributed by atoms with Gasteiger partial charge in [-0.15, -0.1) is 11.3 Å². The van der Waals surface area contributed by atoms with Gasteiger partial charge >= 0.3 is 0 Å². The zero-order chi connectivity index (χ0) is 14.8. The lowest BCUT2D eigenvalue weighted by Crippen LogP contribution is -2.23. The normalized spacial score (nSPS) is 11.8. The summed E-state index contributed by atoms with van der Waals surface area (Å²) in [4.78, 5) is 5.25. The number of rotatable bonds is 5. The molecule has 2 rings (SSSR count). The first kappa shape index (κ1) is 15.6. The van der Waals surface area contributed by atoms with Crippen LogP contribution in [0.15, 0.2) is 33.8 Å². The highest BCUT2D eigenvalue weighted by Gasteiger charge is 2.18. The van der Waals surface area contributed by atoms with E-state index in [-0.39, 0.29) is 18.0 Å². The highest BCUT2D eigenvalue weighted by atomic mass is 79.9. The molecule has 0 saturated heterocycles. The number of aromatic nitrogens is 1. The standard InChI is InChI=1S/C12H13BrN2O3S2/c1-8-5-14-12(19-8)6-15-20(17,18)11-4-9(7-16)2-3-10(11)13/h2-5,15-16H,6-7H2,1H3. The molecule has 0 atom stereocenters. The van der Waals surface area contributed by atoms with E-state index in [0.717, 1.165) is 4.88 Å². The molecule has 1 aromatic carbocycles. The second-order valence-corrected chi connectivity index (χ2v) is 8.02. The molecule has 0 aliphatic heterocycles. The van der Waals surface area contributed by atoms with Crippen LogP contribution in [-0.4, -0.2) is 18.5 Å². The van der Waals surface area contributed by atoms with Crippen LogP contribution in [0.2, 0.25) is 0 Å². The van der Waals surface area contributed by atoms with Crippen molar-refractivity contribution < 1.29 is 13.5 Å². The van der Waals surface area contributed by atoms with Crippen molar-refractivity contribution in [1.29, 1.82) is 0 Å². The SMILES string of the molecule is Cc1cnc(CNS(=O)(=O)c2cc(CO)ccc2Br)s1. The Balaban J connectivity index is 2.21. The highest BCUT2D eigenvalue weighted by molar-refractivity contribution is 9.10. The number of thiazole rings is 1. The molecule has 0 fully saturated rings. The van der Waals surface area contributed by atoms with Crippen molar-refractivity contribution in [2.75, 3.05) is 0 Å². The van der Waals surface area contributed by atoms with E-state index in [0.29, 0.717) is 15.0 Å². The second-order valence-electron chi connectivity index (χ2n) is 4.11. The lowest BCUT2D eigenvalue weighted by atomic mass is 10.2. The quantitative estimate of drug-likeness (QED) is 0.837. The van der Waals surface area contributed by atoms with Crippen LogP contribution in [0.25, 0.3) is 0 Å². The number of hydrogen-bond donors (Lipinski definition) is 2. The van der Waals surface area contributed by atoms with Crippen molar-refractivity contribution in [3.05, 3.63) is 44.3 Å². The summed E-state index contributed by atoms with van der Waals surface area (Å²) in [6.45, 7) is 1.86. The van der Waals surface area contributed by atoms with Gasteiger partial charge in [-0.05, 0) is 40.5 Å². The van der Waals surface area contributed by atoms with Crippen molar-refractivity contribution >= 4 is 37.3 Å². The Morgan fingerprint density at radius 1 is 1.45 bits per heavy atom. The predicted octanol–water partition coefficient (Wildman–Crippen LogP) is 2.18. The molecule has 0 amide bonds. The molecule has 108 valence electrons. The fraction of sp³-hybridized carbons (Fsp3) is 0.250. The van der Waals surface area contributed by atoms with Gasteiger partial charge in [-0.2, -0.15) is 0 Å². The van der Waals surface area contributed by atoms with Gasteiger partial charge in [0, 0.05) is 15.5 Å². The van der Waals surface area contributed by atoms with Crippen LogP contribution in [0, 0.1) is 6.92 Å². The van der Waals surface area contributed by atoms with E-state index in [4.69, 9.17) is 5.11 Å². The minimum Gasteiger partial charge on any atom is -0.392 e. The summed E-state index contributed by atoms with van der Waals surface area (Å²) >= 11 is 4.66. The second kappa shape index (κ2) is 6.31. The van der Waals surface area contributed by atoms with E-state index < -0.39 is 10.0 Å². The Kier molecular flexibility index (Phi) is 4.92. The largest absolute Gasteiger partial charge is 0.392 e. The lowest BCUT2D eigenvalue weighted by molar-refractivity contribution is 0.281. The van der Waals surface area contributed by atoms with E-state index in [1.54, 1.807) is 18.3 Å². The highest BCUT2D eigenvalue weighted by Crippen LogP contribution is 2.23. The third-order valence-corrected chi connectivity index (χ3v) is 5.86. The van der Waals surface area contributed by atoms with Gasteiger partial charge in [0.05, 0.1) is 18.0 Å². The van der Waals surface area contributed by atoms with Crippen LogP contribution in [0.5, 0.6) is 0 Å². The minimum atomic E-state index is -3.65. The van der Waals surface area contributed by atoms with Crippen molar-refractivity contribution in [3.8, 4) is 0 Å². The molecule has 1 aromatic heterocycles.